The Balaban J connectivity index is 1.78. The number of benzene rings is 2. The van der Waals surface area contributed by atoms with Gasteiger partial charge < -0.3 is 0 Å². The number of unbranched alkanes of at least 4 members (excludes halogenated alkanes) is 10. The number of rotatable bonds is 14. The molecular weight excluding hydrogens is 452 g/mol. The Hall–Kier alpha value is -3.02. The first-order valence-electron chi connectivity index (χ1n) is 13.8. The van der Waals surface area contributed by atoms with E-state index in [2.05, 4.69) is 13.8 Å². The van der Waals surface area contributed by atoms with Gasteiger partial charge in [0.1, 0.15) is 0 Å². The monoisotopic (exact) mass is 490 g/mol. The smallest absolute Gasteiger partial charge is 0.261 e. The van der Waals surface area contributed by atoms with Gasteiger partial charge in [-0.15, -0.1) is 0 Å². The molecule has 0 atom stereocenters. The van der Waals surface area contributed by atoms with Gasteiger partial charge in [0.25, 0.3) is 22.2 Å². The molecule has 6 heteroatoms. The van der Waals surface area contributed by atoms with Crippen LogP contribution < -0.4 is 22.2 Å². The van der Waals surface area contributed by atoms with Gasteiger partial charge in [-0.25, -0.2) is 0 Å². The minimum absolute atomic E-state index is 0.338. The fourth-order valence-corrected chi connectivity index (χ4v) is 5.48. The van der Waals surface area contributed by atoms with Crippen LogP contribution >= 0.6 is 0 Å². The van der Waals surface area contributed by atoms with Crippen molar-refractivity contribution in [3.63, 3.8) is 0 Å². The number of nitrogens with zero attached hydrogens (tertiary/aromatic N) is 2. The molecule has 0 spiro atoms. The Morgan fingerprint density at radius 1 is 0.444 bits per heavy atom. The van der Waals surface area contributed by atoms with Crippen molar-refractivity contribution in [1.29, 1.82) is 0 Å². The molecule has 4 heterocycles. The first-order chi connectivity index (χ1) is 17.5. The Morgan fingerprint density at radius 3 is 1.03 bits per heavy atom. The SMILES string of the molecule is CCCCCCCCn1c(=O)c2ccc(c1=O)c1c3ccc(c(=O)n(CCCCCCCC)c3=O)c21. The quantitative estimate of drug-likeness (QED) is 0.210. The summed E-state index contributed by atoms with van der Waals surface area (Å²) in [4.78, 5) is 54.0. The Kier molecular flexibility index (Phi) is 8.55. The zero-order chi connectivity index (χ0) is 25.7. The lowest BCUT2D eigenvalue weighted by Crippen LogP contribution is -2.30. The molecule has 36 heavy (non-hydrogen) atoms. The third kappa shape index (κ3) is 4.95. The van der Waals surface area contributed by atoms with Gasteiger partial charge in [-0.3, -0.25) is 28.3 Å². The van der Waals surface area contributed by atoms with E-state index in [0.717, 1.165) is 51.4 Å². The van der Waals surface area contributed by atoms with E-state index in [0.29, 0.717) is 45.4 Å². The molecule has 6 aromatic rings. The van der Waals surface area contributed by atoms with E-state index in [-0.39, 0.29) is 22.2 Å². The number of aromatic nitrogens is 2. The number of hydrogen-bond acceptors (Lipinski definition) is 4. The second-order valence-electron chi connectivity index (χ2n) is 10.1. The molecule has 0 N–H and O–H groups in total. The fourth-order valence-electron chi connectivity index (χ4n) is 5.48. The summed E-state index contributed by atoms with van der Waals surface area (Å²) in [5, 5.41) is 2.26. The molecule has 0 unspecified atom stereocenters. The third-order valence-electron chi connectivity index (χ3n) is 7.53. The van der Waals surface area contributed by atoms with E-state index in [4.69, 9.17) is 0 Å². The van der Waals surface area contributed by atoms with Gasteiger partial charge in [-0.2, -0.15) is 0 Å². The summed E-state index contributed by atoms with van der Waals surface area (Å²) in [5.74, 6) is 0. The molecule has 192 valence electrons. The highest BCUT2D eigenvalue weighted by molar-refractivity contribution is 6.22. The summed E-state index contributed by atoms with van der Waals surface area (Å²) in [6.45, 7) is 5.04. The van der Waals surface area contributed by atoms with Crippen molar-refractivity contribution in [2.45, 2.75) is 104 Å². The maximum absolute atomic E-state index is 13.5. The molecule has 0 aliphatic carbocycles. The minimum atomic E-state index is -0.374. The van der Waals surface area contributed by atoms with Crippen molar-refractivity contribution in [1.82, 2.24) is 9.13 Å². The summed E-state index contributed by atoms with van der Waals surface area (Å²) in [6, 6.07) is 6.59. The summed E-state index contributed by atoms with van der Waals surface area (Å²) in [5.41, 5.74) is -1.49. The van der Waals surface area contributed by atoms with Crippen LogP contribution in [0.25, 0.3) is 32.3 Å². The molecule has 6 rings (SSSR count). The third-order valence-corrected chi connectivity index (χ3v) is 7.53. The van der Waals surface area contributed by atoms with Crippen LogP contribution in [0.15, 0.2) is 43.4 Å². The first kappa shape index (κ1) is 26.1. The van der Waals surface area contributed by atoms with Crippen molar-refractivity contribution in [3.8, 4) is 0 Å². The van der Waals surface area contributed by atoms with Crippen molar-refractivity contribution >= 4 is 32.3 Å². The van der Waals surface area contributed by atoms with Gasteiger partial charge in [-0.05, 0) is 37.1 Å². The second kappa shape index (κ2) is 11.8. The molecule has 4 aromatic heterocycles. The van der Waals surface area contributed by atoms with Crippen molar-refractivity contribution in [2.24, 2.45) is 0 Å². The highest BCUT2D eigenvalue weighted by atomic mass is 16.2. The van der Waals surface area contributed by atoms with E-state index >= 15 is 0 Å². The topological polar surface area (TPSA) is 78.1 Å². The van der Waals surface area contributed by atoms with Crippen LogP contribution in [0.4, 0.5) is 0 Å². The normalized spacial score (nSPS) is 11.9. The zero-order valence-corrected chi connectivity index (χ0v) is 21.7. The maximum atomic E-state index is 13.5. The largest absolute Gasteiger partial charge is 0.274 e. The second-order valence-corrected chi connectivity index (χ2v) is 10.1. The van der Waals surface area contributed by atoms with Crippen LogP contribution in [0.3, 0.4) is 0 Å². The predicted molar refractivity (Wildman–Crippen MR) is 149 cm³/mol. The molecule has 4 bridgehead atoms. The summed E-state index contributed by atoms with van der Waals surface area (Å²) >= 11 is 0. The molecule has 0 saturated heterocycles. The van der Waals surface area contributed by atoms with Crippen molar-refractivity contribution < 1.29 is 0 Å². The first-order valence-corrected chi connectivity index (χ1v) is 13.8. The van der Waals surface area contributed by atoms with Gasteiger partial charge in [0.2, 0.25) is 0 Å². The lowest BCUT2D eigenvalue weighted by molar-refractivity contribution is 0.545. The van der Waals surface area contributed by atoms with E-state index in [9.17, 15) is 19.2 Å². The van der Waals surface area contributed by atoms with E-state index < -0.39 is 0 Å². The van der Waals surface area contributed by atoms with E-state index in [1.165, 1.54) is 34.8 Å². The summed E-state index contributed by atoms with van der Waals surface area (Å²) < 4.78 is 2.62. The van der Waals surface area contributed by atoms with Gasteiger partial charge >= 0.3 is 0 Å². The molecule has 0 fully saturated rings. The van der Waals surface area contributed by atoms with Crippen LogP contribution in [0, 0.1) is 0 Å². The maximum Gasteiger partial charge on any atom is 0.261 e. The molecule has 0 saturated carbocycles. The molecular formula is C30H38N2O4. The van der Waals surface area contributed by atoms with Crippen molar-refractivity contribution in [3.05, 3.63) is 65.7 Å². The fraction of sp³-hybridized carbons (Fsp3) is 0.533. The highest BCUT2D eigenvalue weighted by Crippen LogP contribution is 2.28. The van der Waals surface area contributed by atoms with Crippen LogP contribution in [-0.4, -0.2) is 9.13 Å². The van der Waals surface area contributed by atoms with Gasteiger partial charge in [0.15, 0.2) is 0 Å². The standard InChI is InChI=1S/C30H38N2O4/c1-3-5-7-9-11-13-19-31-27(33)21-15-16-22(28(31)34)26-24-18-17-23(25(21)26)29(35)32(30(24)36)20-14-12-10-8-6-4-2/h15-18H,3-14,19-20H2,1-2H3. The van der Waals surface area contributed by atoms with Crippen LogP contribution in [0.1, 0.15) is 90.9 Å². The average molecular weight is 491 g/mol. The zero-order valence-electron chi connectivity index (χ0n) is 21.7. The Morgan fingerprint density at radius 2 is 0.722 bits per heavy atom. The van der Waals surface area contributed by atoms with Gasteiger partial charge in [-0.1, -0.05) is 78.1 Å². The van der Waals surface area contributed by atoms with E-state index in [1.807, 2.05) is 0 Å². The Bertz CT molecular complexity index is 1340. The average Bonchev–Trinajstić information content (AvgIpc) is 3.16. The van der Waals surface area contributed by atoms with Crippen LogP contribution in [0.2, 0.25) is 0 Å². The molecule has 6 nitrogen and oxygen atoms in total. The van der Waals surface area contributed by atoms with Crippen LogP contribution in [0.5, 0.6) is 0 Å². The molecule has 0 amide bonds. The molecule has 2 aromatic carbocycles. The molecule has 0 aliphatic heterocycles. The summed E-state index contributed by atoms with van der Waals surface area (Å²) in [7, 11) is 0. The lowest BCUT2D eigenvalue weighted by atomic mass is 10.00. The van der Waals surface area contributed by atoms with Gasteiger partial charge in [0, 0.05) is 45.4 Å². The predicted octanol–water partition coefficient (Wildman–Crippen LogP) is 5.79. The highest BCUT2D eigenvalue weighted by Gasteiger charge is 2.20. The van der Waals surface area contributed by atoms with Gasteiger partial charge in [0.05, 0.1) is 0 Å². The molecule has 0 aliphatic rings. The number of fused-ring (bicyclic) bond motifs is 6. The lowest BCUT2D eigenvalue weighted by Gasteiger charge is -2.03. The van der Waals surface area contributed by atoms with Crippen LogP contribution in [-0.2, 0) is 13.1 Å². The molecule has 0 radical (unpaired) electrons. The van der Waals surface area contributed by atoms with E-state index in [1.54, 1.807) is 24.3 Å². The summed E-state index contributed by atoms with van der Waals surface area (Å²) in [6.07, 6.45) is 12.6. The number of hydrogen-bond donors (Lipinski definition) is 0. The van der Waals surface area contributed by atoms with Crippen molar-refractivity contribution in [2.75, 3.05) is 0 Å². The Labute approximate surface area is 211 Å². The minimum Gasteiger partial charge on any atom is -0.274 e.